The van der Waals surface area contributed by atoms with Crippen LogP contribution in [0.1, 0.15) is 16.7 Å². The lowest BCUT2D eigenvalue weighted by atomic mass is 9.99. The molecule has 0 N–H and O–H groups in total. The molecule has 0 fully saturated rings. The molecule has 30 heavy (non-hydrogen) atoms. The fourth-order valence-electron chi connectivity index (χ4n) is 3.19. The van der Waals surface area contributed by atoms with Crippen LogP contribution >= 0.6 is 11.6 Å². The van der Waals surface area contributed by atoms with E-state index in [1.165, 1.54) is 24.3 Å². The first-order valence-electron chi connectivity index (χ1n) is 9.23. The minimum atomic E-state index is -0.758. The molecule has 0 bridgehead atoms. The van der Waals surface area contributed by atoms with E-state index in [4.69, 9.17) is 25.8 Å². The molecule has 1 heterocycles. The highest BCUT2D eigenvalue weighted by Crippen LogP contribution is 2.33. The predicted octanol–water partition coefficient (Wildman–Crippen LogP) is 3.64. The fourth-order valence-corrected chi connectivity index (χ4v) is 3.42. The van der Waals surface area contributed by atoms with Crippen LogP contribution in [0.4, 0.5) is 4.39 Å². The van der Waals surface area contributed by atoms with Gasteiger partial charge in [0.1, 0.15) is 5.82 Å². The minimum Gasteiger partial charge on any atom is -0.493 e. The number of hydrogen-bond donors (Lipinski definition) is 0. The molecule has 3 rings (SSSR count). The van der Waals surface area contributed by atoms with Crippen molar-refractivity contribution in [1.82, 2.24) is 4.90 Å². The number of ether oxygens (including phenoxy) is 3. The van der Waals surface area contributed by atoms with Gasteiger partial charge in [0.05, 0.1) is 19.2 Å². The monoisotopic (exact) mass is 433 g/mol. The summed E-state index contributed by atoms with van der Waals surface area (Å²) in [5.41, 5.74) is 2.12. The minimum absolute atomic E-state index is 0.0828. The van der Waals surface area contributed by atoms with Gasteiger partial charge in [0.15, 0.2) is 18.1 Å². The molecule has 0 spiro atoms. The van der Waals surface area contributed by atoms with Crippen LogP contribution in [0.2, 0.25) is 5.02 Å². The number of carbonyl (C=O) groups excluding carboxylic acids is 2. The molecule has 1 amide bonds. The van der Waals surface area contributed by atoms with E-state index in [9.17, 15) is 14.0 Å². The summed E-state index contributed by atoms with van der Waals surface area (Å²) in [5.74, 6) is -0.394. The Labute approximate surface area is 178 Å². The third kappa shape index (κ3) is 4.91. The van der Waals surface area contributed by atoms with Crippen molar-refractivity contribution in [2.24, 2.45) is 0 Å². The van der Waals surface area contributed by atoms with Crippen LogP contribution < -0.4 is 9.47 Å². The molecule has 158 valence electrons. The highest BCUT2D eigenvalue weighted by molar-refractivity contribution is 6.32. The molecule has 1 aliphatic rings. The first-order chi connectivity index (χ1) is 14.4. The first-order valence-corrected chi connectivity index (χ1v) is 9.61. The van der Waals surface area contributed by atoms with Gasteiger partial charge in [0.25, 0.3) is 5.91 Å². The molecular formula is C22H21ClFNO5. The van der Waals surface area contributed by atoms with Crippen LogP contribution in [-0.4, -0.2) is 44.1 Å². The lowest BCUT2D eigenvalue weighted by molar-refractivity contribution is -0.148. The Balaban J connectivity index is 1.58. The van der Waals surface area contributed by atoms with E-state index >= 15 is 0 Å². The van der Waals surface area contributed by atoms with E-state index in [-0.39, 0.29) is 16.5 Å². The van der Waals surface area contributed by atoms with Gasteiger partial charge in [0.2, 0.25) is 0 Å². The zero-order chi connectivity index (χ0) is 21.7. The summed E-state index contributed by atoms with van der Waals surface area (Å²) >= 11 is 5.90. The summed E-state index contributed by atoms with van der Waals surface area (Å²) in [5, 5.41) is 0.175. The van der Waals surface area contributed by atoms with E-state index in [1.54, 1.807) is 19.1 Å². The Morgan fingerprint density at radius 3 is 2.53 bits per heavy atom. The van der Waals surface area contributed by atoms with Gasteiger partial charge in [-0.05, 0) is 47.9 Å². The molecule has 0 atom stereocenters. The van der Waals surface area contributed by atoms with Crippen LogP contribution in [0, 0.1) is 5.82 Å². The van der Waals surface area contributed by atoms with Crippen molar-refractivity contribution < 1.29 is 28.2 Å². The molecule has 1 aliphatic heterocycles. The Bertz CT molecular complexity index is 971. The Kier molecular flexibility index (Phi) is 6.95. The maximum Gasteiger partial charge on any atom is 0.331 e. The number of nitrogens with zero attached hydrogens (tertiary/aromatic N) is 1. The number of rotatable bonds is 6. The number of methoxy groups -OCH3 is 2. The number of esters is 1. The molecule has 6 nitrogen and oxygen atoms in total. The van der Waals surface area contributed by atoms with Gasteiger partial charge < -0.3 is 19.1 Å². The molecule has 0 radical (unpaired) electrons. The summed E-state index contributed by atoms with van der Waals surface area (Å²) in [7, 11) is 3.13. The summed E-state index contributed by atoms with van der Waals surface area (Å²) in [4.78, 5) is 26.0. The number of fused-ring (bicyclic) bond motifs is 1. The van der Waals surface area contributed by atoms with Crippen molar-refractivity contribution >= 4 is 29.6 Å². The molecule has 2 aromatic carbocycles. The normalized spacial score (nSPS) is 13.1. The molecule has 0 unspecified atom stereocenters. The number of carbonyl (C=O) groups is 2. The Hall–Kier alpha value is -3.06. The zero-order valence-electron chi connectivity index (χ0n) is 16.6. The highest BCUT2D eigenvalue weighted by Gasteiger charge is 2.23. The maximum atomic E-state index is 13.7. The number of hydrogen-bond acceptors (Lipinski definition) is 5. The van der Waals surface area contributed by atoms with Crippen molar-refractivity contribution in [2.45, 2.75) is 13.0 Å². The van der Waals surface area contributed by atoms with E-state index in [1.807, 2.05) is 12.1 Å². The summed E-state index contributed by atoms with van der Waals surface area (Å²) in [6.07, 6.45) is 2.92. The average molecular weight is 434 g/mol. The molecule has 0 saturated carbocycles. The van der Waals surface area contributed by atoms with Crippen molar-refractivity contribution in [3.8, 4) is 11.5 Å². The zero-order valence-corrected chi connectivity index (χ0v) is 17.4. The number of amides is 1. The van der Waals surface area contributed by atoms with Gasteiger partial charge in [-0.2, -0.15) is 0 Å². The van der Waals surface area contributed by atoms with Crippen molar-refractivity contribution in [1.29, 1.82) is 0 Å². The smallest absolute Gasteiger partial charge is 0.331 e. The maximum absolute atomic E-state index is 13.7. The SMILES string of the molecule is COc1cc2c(cc1OC)CN(C(=O)COC(=O)/C=C/c1c(F)cccc1Cl)CC2. The van der Waals surface area contributed by atoms with Crippen LogP contribution in [0.5, 0.6) is 11.5 Å². The second-order valence-electron chi connectivity index (χ2n) is 6.62. The van der Waals surface area contributed by atoms with Gasteiger partial charge in [-0.25, -0.2) is 9.18 Å². The standard InChI is InChI=1S/C22H21ClFNO5/c1-28-19-10-14-8-9-25(12-15(14)11-20(19)29-2)21(26)13-30-22(27)7-6-16-17(23)4-3-5-18(16)24/h3-7,10-11H,8-9,12-13H2,1-2H3/b7-6+. The largest absolute Gasteiger partial charge is 0.493 e. The van der Waals surface area contributed by atoms with Crippen molar-refractivity contribution in [2.75, 3.05) is 27.4 Å². The topological polar surface area (TPSA) is 65.1 Å². The second-order valence-corrected chi connectivity index (χ2v) is 7.02. The summed E-state index contributed by atoms with van der Waals surface area (Å²) < 4.78 is 29.3. The molecule has 0 aromatic heterocycles. The molecular weight excluding hydrogens is 413 g/mol. The lowest BCUT2D eigenvalue weighted by Gasteiger charge is -2.29. The van der Waals surface area contributed by atoms with E-state index in [2.05, 4.69) is 0 Å². The van der Waals surface area contributed by atoms with Crippen molar-refractivity contribution in [3.05, 3.63) is 63.9 Å². The van der Waals surface area contributed by atoms with E-state index < -0.39 is 18.4 Å². The van der Waals surface area contributed by atoms with Crippen LogP contribution in [0.3, 0.4) is 0 Å². The summed E-state index contributed by atoms with van der Waals surface area (Å²) in [6.45, 7) is 0.475. The molecule has 2 aromatic rings. The fraction of sp³-hybridized carbons (Fsp3) is 0.273. The average Bonchev–Trinajstić information content (AvgIpc) is 2.75. The molecule has 0 saturated heterocycles. The molecule has 0 aliphatic carbocycles. The summed E-state index contributed by atoms with van der Waals surface area (Å²) in [6, 6.07) is 7.97. The Morgan fingerprint density at radius 1 is 1.17 bits per heavy atom. The number of halogens is 2. The van der Waals surface area contributed by atoms with Gasteiger partial charge in [0, 0.05) is 24.7 Å². The van der Waals surface area contributed by atoms with Gasteiger partial charge in [-0.15, -0.1) is 0 Å². The second kappa shape index (κ2) is 9.63. The third-order valence-corrected chi connectivity index (χ3v) is 5.12. The van der Waals surface area contributed by atoms with E-state index in [0.717, 1.165) is 17.2 Å². The van der Waals surface area contributed by atoms with E-state index in [0.29, 0.717) is 31.0 Å². The van der Waals surface area contributed by atoms with Crippen LogP contribution in [0.25, 0.3) is 6.08 Å². The van der Waals surface area contributed by atoms with Crippen LogP contribution in [-0.2, 0) is 27.3 Å². The van der Waals surface area contributed by atoms with Gasteiger partial charge in [-0.3, -0.25) is 4.79 Å². The molecule has 8 heteroatoms. The van der Waals surface area contributed by atoms with Gasteiger partial charge in [-0.1, -0.05) is 17.7 Å². The quantitative estimate of drug-likeness (QED) is 0.514. The first kappa shape index (κ1) is 21.6. The lowest BCUT2D eigenvalue weighted by Crippen LogP contribution is -2.38. The highest BCUT2D eigenvalue weighted by atomic mass is 35.5. The number of benzene rings is 2. The van der Waals surface area contributed by atoms with Crippen molar-refractivity contribution in [3.63, 3.8) is 0 Å². The third-order valence-electron chi connectivity index (χ3n) is 4.79. The predicted molar refractivity (Wildman–Crippen MR) is 110 cm³/mol. The van der Waals surface area contributed by atoms with Crippen LogP contribution in [0.15, 0.2) is 36.4 Å². The Morgan fingerprint density at radius 2 is 1.87 bits per heavy atom. The van der Waals surface area contributed by atoms with Gasteiger partial charge >= 0.3 is 5.97 Å².